The molecule has 1 saturated heterocycles. The number of hydrogen-bond donors (Lipinski definition) is 0. The summed E-state index contributed by atoms with van der Waals surface area (Å²) in [5, 5.41) is 0. The second kappa shape index (κ2) is 7.80. The van der Waals surface area contributed by atoms with E-state index in [1.165, 1.54) is 9.87 Å². The Hall–Kier alpha value is -2.38. The molecule has 0 unspecified atom stereocenters. The van der Waals surface area contributed by atoms with Crippen molar-refractivity contribution >= 4 is 21.6 Å². The van der Waals surface area contributed by atoms with Crippen LogP contribution in [0.15, 0.2) is 53.4 Å². The Labute approximate surface area is 172 Å². The zero-order chi connectivity index (χ0) is 20.6. The van der Waals surface area contributed by atoms with E-state index in [1.54, 1.807) is 31.4 Å². The molecule has 0 spiro atoms. The molecule has 2 heterocycles. The first-order valence-electron chi connectivity index (χ1n) is 9.97. The van der Waals surface area contributed by atoms with Gasteiger partial charge in [0.25, 0.3) is 0 Å². The number of piperidine rings is 1. The summed E-state index contributed by atoms with van der Waals surface area (Å²) < 4.78 is 32.4. The van der Waals surface area contributed by atoms with Gasteiger partial charge in [-0.3, -0.25) is 4.79 Å². The highest BCUT2D eigenvalue weighted by molar-refractivity contribution is 7.89. The van der Waals surface area contributed by atoms with Crippen molar-refractivity contribution in [3.63, 3.8) is 0 Å². The quantitative estimate of drug-likeness (QED) is 0.771. The topological polar surface area (TPSA) is 66.9 Å². The number of ether oxygens (including phenoxy) is 1. The molecule has 6 nitrogen and oxygen atoms in total. The molecule has 2 aliphatic heterocycles. The number of carbonyl (C=O) groups excluding carboxylic acids is 1. The molecule has 4 rings (SSSR count). The molecule has 0 aliphatic carbocycles. The van der Waals surface area contributed by atoms with Crippen molar-refractivity contribution in [3.05, 3.63) is 54.1 Å². The maximum atomic E-state index is 13.2. The number of hydrogen-bond acceptors (Lipinski definition) is 4. The molecule has 1 fully saturated rings. The molecule has 0 radical (unpaired) electrons. The van der Waals surface area contributed by atoms with Gasteiger partial charge in [0.05, 0.1) is 12.0 Å². The first-order chi connectivity index (χ1) is 13.9. The smallest absolute Gasteiger partial charge is 0.243 e. The highest BCUT2D eigenvalue weighted by Gasteiger charge is 2.38. The molecule has 2 aromatic carbocycles. The van der Waals surface area contributed by atoms with Crippen LogP contribution in [0.2, 0.25) is 0 Å². The zero-order valence-corrected chi connectivity index (χ0v) is 17.6. The number of anilines is 1. The van der Waals surface area contributed by atoms with Crippen molar-refractivity contribution in [3.8, 4) is 5.75 Å². The maximum Gasteiger partial charge on any atom is 0.243 e. The van der Waals surface area contributed by atoms with Crippen LogP contribution in [0, 0.1) is 5.92 Å². The number of amides is 1. The van der Waals surface area contributed by atoms with E-state index in [-0.39, 0.29) is 22.8 Å². The number of fused-ring (bicyclic) bond motifs is 1. The highest BCUT2D eigenvalue weighted by Crippen LogP contribution is 2.35. The molecule has 0 bridgehead atoms. The fourth-order valence-electron chi connectivity index (χ4n) is 4.34. The van der Waals surface area contributed by atoms with E-state index in [4.69, 9.17) is 4.74 Å². The minimum Gasteiger partial charge on any atom is -0.497 e. The fraction of sp³-hybridized carbons (Fsp3) is 0.409. The number of carbonyl (C=O) groups is 1. The summed E-state index contributed by atoms with van der Waals surface area (Å²) in [4.78, 5) is 15.4. The van der Waals surface area contributed by atoms with E-state index in [1.807, 2.05) is 23.1 Å². The second-order valence-electron chi connectivity index (χ2n) is 7.74. The van der Waals surface area contributed by atoms with Crippen LogP contribution in [0.1, 0.15) is 25.3 Å². The van der Waals surface area contributed by atoms with Gasteiger partial charge < -0.3 is 9.64 Å². The van der Waals surface area contributed by atoms with Crippen LogP contribution in [0.5, 0.6) is 5.75 Å². The van der Waals surface area contributed by atoms with Crippen molar-refractivity contribution in [1.82, 2.24) is 4.31 Å². The van der Waals surface area contributed by atoms with Gasteiger partial charge in [-0.25, -0.2) is 8.42 Å². The lowest BCUT2D eigenvalue weighted by atomic mass is 9.96. The SMILES string of the molecule is COc1ccc(S(=O)(=O)N2CCC(C(=O)N3c4ccccc4C[C@H]3C)CC2)cc1. The van der Waals surface area contributed by atoms with Crippen LogP contribution < -0.4 is 9.64 Å². The zero-order valence-electron chi connectivity index (χ0n) is 16.7. The molecule has 0 aromatic heterocycles. The van der Waals surface area contributed by atoms with Crippen molar-refractivity contribution in [2.24, 2.45) is 5.92 Å². The predicted octanol–water partition coefficient (Wildman–Crippen LogP) is 3.07. The average Bonchev–Trinajstić information content (AvgIpc) is 3.09. The minimum absolute atomic E-state index is 0.115. The van der Waals surface area contributed by atoms with E-state index in [0.29, 0.717) is 31.7 Å². The van der Waals surface area contributed by atoms with E-state index in [2.05, 4.69) is 13.0 Å². The number of nitrogens with zero attached hydrogens (tertiary/aromatic N) is 2. The van der Waals surface area contributed by atoms with Gasteiger partial charge in [-0.1, -0.05) is 18.2 Å². The van der Waals surface area contributed by atoms with Gasteiger partial charge in [0, 0.05) is 30.7 Å². The first-order valence-corrected chi connectivity index (χ1v) is 11.4. The monoisotopic (exact) mass is 414 g/mol. The fourth-order valence-corrected chi connectivity index (χ4v) is 5.81. The van der Waals surface area contributed by atoms with E-state index >= 15 is 0 Å². The summed E-state index contributed by atoms with van der Waals surface area (Å²) in [6.45, 7) is 2.78. The van der Waals surface area contributed by atoms with Crippen LogP contribution in [0.25, 0.3) is 0 Å². The van der Waals surface area contributed by atoms with Gasteiger partial charge in [0.15, 0.2) is 0 Å². The van der Waals surface area contributed by atoms with Gasteiger partial charge in [-0.15, -0.1) is 0 Å². The summed E-state index contributed by atoms with van der Waals surface area (Å²) in [5.41, 5.74) is 2.20. The Kier molecular flexibility index (Phi) is 5.36. The van der Waals surface area contributed by atoms with Gasteiger partial charge in [-0.2, -0.15) is 4.31 Å². The largest absolute Gasteiger partial charge is 0.497 e. The molecule has 154 valence electrons. The molecular formula is C22H26N2O4S. The van der Waals surface area contributed by atoms with Crippen LogP contribution in [-0.4, -0.2) is 44.9 Å². The number of benzene rings is 2. The molecule has 1 amide bonds. The third kappa shape index (κ3) is 3.65. The molecule has 2 aliphatic rings. The standard InChI is InChI=1S/C22H26N2O4S/c1-16-15-18-5-3-4-6-21(18)24(16)22(25)17-11-13-23(14-12-17)29(26,27)20-9-7-19(28-2)8-10-20/h3-10,16-17H,11-15H2,1-2H3/t16-/m1/s1. The number of para-hydroxylation sites is 1. The number of rotatable bonds is 4. The van der Waals surface area contributed by atoms with Crippen molar-refractivity contribution < 1.29 is 17.9 Å². The Morgan fingerprint density at radius 3 is 2.34 bits per heavy atom. The second-order valence-corrected chi connectivity index (χ2v) is 9.68. The lowest BCUT2D eigenvalue weighted by Gasteiger charge is -2.34. The highest BCUT2D eigenvalue weighted by atomic mass is 32.2. The summed E-state index contributed by atoms with van der Waals surface area (Å²) in [6.07, 6.45) is 1.95. The van der Waals surface area contributed by atoms with Gasteiger partial charge >= 0.3 is 0 Å². The summed E-state index contributed by atoms with van der Waals surface area (Å²) in [7, 11) is -2.02. The van der Waals surface area contributed by atoms with Crippen LogP contribution in [-0.2, 0) is 21.2 Å². The molecular weight excluding hydrogens is 388 g/mol. The van der Waals surface area contributed by atoms with Gasteiger partial charge in [0.1, 0.15) is 5.75 Å². The molecule has 0 saturated carbocycles. The van der Waals surface area contributed by atoms with Crippen LogP contribution in [0.3, 0.4) is 0 Å². The number of sulfonamides is 1. The van der Waals surface area contributed by atoms with E-state index in [0.717, 1.165) is 12.1 Å². The molecule has 1 atom stereocenters. The summed E-state index contributed by atoms with van der Waals surface area (Å²) >= 11 is 0. The Balaban J connectivity index is 1.44. The Morgan fingerprint density at radius 1 is 1.03 bits per heavy atom. The molecule has 0 N–H and O–H groups in total. The van der Waals surface area contributed by atoms with Crippen LogP contribution in [0.4, 0.5) is 5.69 Å². The lowest BCUT2D eigenvalue weighted by Crippen LogP contribution is -2.46. The van der Waals surface area contributed by atoms with E-state index < -0.39 is 10.0 Å². The van der Waals surface area contributed by atoms with Crippen molar-refractivity contribution in [2.45, 2.75) is 37.1 Å². The third-order valence-electron chi connectivity index (χ3n) is 5.95. The van der Waals surface area contributed by atoms with E-state index in [9.17, 15) is 13.2 Å². The average molecular weight is 415 g/mol. The van der Waals surface area contributed by atoms with Crippen LogP contribution >= 0.6 is 0 Å². The normalized spacial score (nSPS) is 20.5. The third-order valence-corrected chi connectivity index (χ3v) is 7.86. The van der Waals surface area contributed by atoms with Crippen molar-refractivity contribution in [2.75, 3.05) is 25.1 Å². The lowest BCUT2D eigenvalue weighted by molar-refractivity contribution is -0.123. The predicted molar refractivity (Wildman–Crippen MR) is 112 cm³/mol. The minimum atomic E-state index is -3.56. The Morgan fingerprint density at radius 2 is 1.69 bits per heavy atom. The molecule has 29 heavy (non-hydrogen) atoms. The van der Waals surface area contributed by atoms with Gasteiger partial charge in [0.2, 0.25) is 15.9 Å². The summed E-state index contributed by atoms with van der Waals surface area (Å²) in [6, 6.07) is 14.6. The molecule has 2 aromatic rings. The Bertz CT molecular complexity index is 996. The van der Waals surface area contributed by atoms with Gasteiger partial charge in [-0.05, 0) is 62.1 Å². The number of methoxy groups -OCH3 is 1. The molecule has 7 heteroatoms. The maximum absolute atomic E-state index is 13.2. The first kappa shape index (κ1) is 19.9. The van der Waals surface area contributed by atoms with Crippen molar-refractivity contribution in [1.29, 1.82) is 0 Å². The summed E-state index contributed by atoms with van der Waals surface area (Å²) in [5.74, 6) is 0.586.